The fraction of sp³-hybridized carbons (Fsp3) is 0.444. The summed E-state index contributed by atoms with van der Waals surface area (Å²) in [7, 11) is 1.97. The van der Waals surface area contributed by atoms with Gasteiger partial charge in [-0.05, 0) is 19.0 Å². The summed E-state index contributed by atoms with van der Waals surface area (Å²) >= 11 is 1.61. The van der Waals surface area contributed by atoms with Crippen LogP contribution in [-0.4, -0.2) is 47.1 Å². The van der Waals surface area contributed by atoms with E-state index in [4.69, 9.17) is 0 Å². The molecule has 2 atom stereocenters. The molecule has 0 radical (unpaired) electrons. The van der Waals surface area contributed by atoms with Gasteiger partial charge < -0.3 is 15.3 Å². The third-order valence-electron chi connectivity index (χ3n) is 4.36. The van der Waals surface area contributed by atoms with E-state index in [1.54, 1.807) is 11.3 Å². The number of piperidine rings is 1. The van der Waals surface area contributed by atoms with Gasteiger partial charge in [-0.25, -0.2) is 4.98 Å². The Bertz CT molecular complexity index is 674. The highest BCUT2D eigenvalue weighted by molar-refractivity contribution is 7.09. The van der Waals surface area contributed by atoms with Gasteiger partial charge in [-0.15, -0.1) is 11.3 Å². The molecule has 3 rings (SSSR count). The largest absolute Gasteiger partial charge is 0.392 e. The van der Waals surface area contributed by atoms with Crippen molar-refractivity contribution in [2.45, 2.75) is 25.5 Å². The van der Waals surface area contributed by atoms with Gasteiger partial charge in [0.2, 0.25) is 5.91 Å². The number of thiazole rings is 1. The number of likely N-dealkylation sites (tertiary alicyclic amines) is 1. The highest BCUT2D eigenvalue weighted by Crippen LogP contribution is 2.17. The van der Waals surface area contributed by atoms with Crippen molar-refractivity contribution >= 4 is 17.2 Å². The monoisotopic (exact) mass is 345 g/mol. The minimum Gasteiger partial charge on any atom is -0.392 e. The number of amides is 1. The Labute approximate surface area is 146 Å². The molecule has 0 unspecified atom stereocenters. The number of carbonyl (C=O) groups is 1. The molecule has 1 fully saturated rings. The minimum atomic E-state index is -0.551. The molecule has 5 nitrogen and oxygen atoms in total. The molecule has 2 aromatic rings. The smallest absolute Gasteiger partial charge is 0.227 e. The molecule has 1 aliphatic rings. The van der Waals surface area contributed by atoms with Crippen LogP contribution in [0.5, 0.6) is 0 Å². The molecule has 1 aromatic carbocycles. The number of nitrogens with zero attached hydrogens (tertiary/aromatic N) is 2. The van der Waals surface area contributed by atoms with Crippen LogP contribution in [0.15, 0.2) is 35.7 Å². The first-order chi connectivity index (χ1) is 11.6. The Balaban J connectivity index is 1.52. The maximum absolute atomic E-state index is 12.3. The predicted molar refractivity (Wildman–Crippen MR) is 94.8 cm³/mol. The van der Waals surface area contributed by atoms with E-state index in [0.717, 1.165) is 23.7 Å². The highest BCUT2D eigenvalue weighted by atomic mass is 32.1. The summed E-state index contributed by atoms with van der Waals surface area (Å²) in [5.41, 5.74) is 2.11. The number of hydrogen-bond donors (Lipinski definition) is 2. The van der Waals surface area contributed by atoms with Crippen molar-refractivity contribution in [3.8, 4) is 0 Å². The van der Waals surface area contributed by atoms with Crippen LogP contribution >= 0.6 is 11.3 Å². The molecule has 24 heavy (non-hydrogen) atoms. The Morgan fingerprint density at radius 3 is 3.00 bits per heavy atom. The van der Waals surface area contributed by atoms with Crippen molar-refractivity contribution in [2.24, 2.45) is 5.92 Å². The van der Waals surface area contributed by atoms with E-state index in [2.05, 4.69) is 27.3 Å². The topological polar surface area (TPSA) is 65.5 Å². The zero-order valence-electron chi connectivity index (χ0n) is 13.8. The van der Waals surface area contributed by atoms with Gasteiger partial charge in [0.1, 0.15) is 0 Å². The van der Waals surface area contributed by atoms with Gasteiger partial charge in [-0.2, -0.15) is 0 Å². The van der Waals surface area contributed by atoms with Gasteiger partial charge in [-0.3, -0.25) is 4.79 Å². The van der Waals surface area contributed by atoms with Gasteiger partial charge >= 0.3 is 0 Å². The summed E-state index contributed by atoms with van der Waals surface area (Å²) in [6.45, 7) is 1.85. The second-order valence-corrected chi connectivity index (χ2v) is 7.28. The molecule has 1 saturated heterocycles. The molecule has 128 valence electrons. The molecule has 2 N–H and O–H groups in total. The van der Waals surface area contributed by atoms with Gasteiger partial charge in [0.05, 0.1) is 29.3 Å². The summed E-state index contributed by atoms with van der Waals surface area (Å²) < 4.78 is 0. The first-order valence-electron chi connectivity index (χ1n) is 8.23. The molecular formula is C18H23N3O2S. The fourth-order valence-corrected chi connectivity index (χ4v) is 3.78. The zero-order chi connectivity index (χ0) is 16.9. The van der Waals surface area contributed by atoms with E-state index >= 15 is 0 Å². The third kappa shape index (κ3) is 4.41. The summed E-state index contributed by atoms with van der Waals surface area (Å²) in [5, 5.41) is 16.0. The van der Waals surface area contributed by atoms with Crippen molar-refractivity contribution in [1.29, 1.82) is 0 Å². The van der Waals surface area contributed by atoms with E-state index in [9.17, 15) is 9.90 Å². The van der Waals surface area contributed by atoms with Crippen molar-refractivity contribution in [2.75, 3.05) is 20.1 Å². The summed E-state index contributed by atoms with van der Waals surface area (Å²) in [6.07, 6.45) is 0.906. The number of rotatable bonds is 5. The first kappa shape index (κ1) is 17.1. The van der Waals surface area contributed by atoms with Crippen LogP contribution in [0, 0.1) is 5.92 Å². The van der Waals surface area contributed by atoms with E-state index in [-0.39, 0.29) is 11.8 Å². The molecule has 0 aliphatic carbocycles. The maximum atomic E-state index is 12.3. The van der Waals surface area contributed by atoms with E-state index in [1.807, 2.05) is 30.6 Å². The average Bonchev–Trinajstić information content (AvgIpc) is 3.03. The Hall–Kier alpha value is -1.76. The lowest BCUT2D eigenvalue weighted by atomic mass is 9.94. The Morgan fingerprint density at radius 2 is 2.21 bits per heavy atom. The maximum Gasteiger partial charge on any atom is 0.227 e. The fourth-order valence-electron chi connectivity index (χ4n) is 2.95. The average molecular weight is 345 g/mol. The van der Waals surface area contributed by atoms with Gasteiger partial charge in [0.15, 0.2) is 0 Å². The van der Waals surface area contributed by atoms with Crippen LogP contribution < -0.4 is 5.32 Å². The van der Waals surface area contributed by atoms with E-state index in [1.165, 1.54) is 5.56 Å². The first-order valence-corrected chi connectivity index (χ1v) is 9.11. The van der Waals surface area contributed by atoms with Crippen LogP contribution in [0.2, 0.25) is 0 Å². The van der Waals surface area contributed by atoms with Crippen molar-refractivity contribution in [1.82, 2.24) is 15.2 Å². The summed E-state index contributed by atoms with van der Waals surface area (Å²) in [6, 6.07) is 10.2. The minimum absolute atomic E-state index is 0.0911. The SMILES string of the molecule is CN1CC[C@H](O)[C@H](C(=O)NCc2csc(Cc3ccccc3)n2)C1. The Morgan fingerprint density at radius 1 is 1.42 bits per heavy atom. The van der Waals surface area contributed by atoms with E-state index < -0.39 is 6.10 Å². The Kier molecular flexibility index (Phi) is 5.60. The van der Waals surface area contributed by atoms with Crippen LogP contribution in [0.25, 0.3) is 0 Å². The molecule has 0 saturated carbocycles. The lowest BCUT2D eigenvalue weighted by Gasteiger charge is -2.32. The molecular weight excluding hydrogens is 322 g/mol. The van der Waals surface area contributed by atoms with E-state index in [0.29, 0.717) is 19.5 Å². The normalized spacial score (nSPS) is 21.6. The second-order valence-electron chi connectivity index (χ2n) is 6.34. The number of carbonyl (C=O) groups excluding carboxylic acids is 1. The van der Waals surface area contributed by atoms with Gasteiger partial charge in [-0.1, -0.05) is 30.3 Å². The quantitative estimate of drug-likeness (QED) is 0.865. The molecule has 0 bridgehead atoms. The van der Waals surface area contributed by atoms with Crippen LogP contribution in [-0.2, 0) is 17.8 Å². The lowest BCUT2D eigenvalue weighted by Crippen LogP contribution is -2.48. The van der Waals surface area contributed by atoms with Gasteiger partial charge in [0.25, 0.3) is 0 Å². The van der Waals surface area contributed by atoms with Crippen LogP contribution in [0.1, 0.15) is 22.7 Å². The summed E-state index contributed by atoms with van der Waals surface area (Å²) in [4.78, 5) is 19.0. The number of aliphatic hydroxyl groups excluding tert-OH is 1. The van der Waals surface area contributed by atoms with Crippen LogP contribution in [0.4, 0.5) is 0 Å². The zero-order valence-corrected chi connectivity index (χ0v) is 14.6. The molecule has 1 amide bonds. The number of benzene rings is 1. The third-order valence-corrected chi connectivity index (χ3v) is 5.26. The van der Waals surface area contributed by atoms with Crippen molar-refractivity contribution < 1.29 is 9.90 Å². The van der Waals surface area contributed by atoms with Crippen LogP contribution in [0.3, 0.4) is 0 Å². The number of aromatic nitrogens is 1. The predicted octanol–water partition coefficient (Wildman–Crippen LogP) is 1.66. The summed E-state index contributed by atoms with van der Waals surface area (Å²) in [5.74, 6) is -0.446. The molecule has 1 aliphatic heterocycles. The molecule has 0 spiro atoms. The molecule has 2 heterocycles. The second kappa shape index (κ2) is 7.88. The standard InChI is InChI=1S/C18H23N3O2S/c1-21-8-7-16(22)15(11-21)18(23)19-10-14-12-24-17(20-14)9-13-5-3-2-4-6-13/h2-6,12,15-16,22H,7-11H2,1H3,(H,19,23)/t15-,16+/m1/s1. The number of aliphatic hydroxyl groups is 1. The van der Waals surface area contributed by atoms with Crippen molar-refractivity contribution in [3.05, 3.63) is 52.0 Å². The lowest BCUT2D eigenvalue weighted by molar-refractivity contribution is -0.131. The molecule has 1 aromatic heterocycles. The molecule has 6 heteroatoms. The van der Waals surface area contributed by atoms with Gasteiger partial charge in [0, 0.05) is 24.9 Å². The number of nitrogens with one attached hydrogen (secondary N) is 1. The van der Waals surface area contributed by atoms with Crippen molar-refractivity contribution in [3.63, 3.8) is 0 Å². The highest BCUT2D eigenvalue weighted by Gasteiger charge is 2.31. The number of hydrogen-bond acceptors (Lipinski definition) is 5.